The molecule has 9 N–H and O–H groups in total. The van der Waals surface area contributed by atoms with Crippen molar-refractivity contribution in [3.63, 3.8) is 0 Å². The van der Waals surface area contributed by atoms with Crippen LogP contribution in [0.5, 0.6) is 28.7 Å². The van der Waals surface area contributed by atoms with Crippen molar-refractivity contribution in [1.82, 2.24) is 0 Å². The van der Waals surface area contributed by atoms with Gasteiger partial charge in [0.1, 0.15) is 65.5 Å². The highest BCUT2D eigenvalue weighted by Gasteiger charge is 2.50. The van der Waals surface area contributed by atoms with E-state index in [1.165, 1.54) is 32.2 Å². The fourth-order valence-corrected chi connectivity index (χ4v) is 5.32. The number of carbonyl (C=O) groups is 1. The molecule has 0 unspecified atom stereocenters. The molecule has 0 spiro atoms. The fraction of sp³-hybridized carbons (Fsp3) is 0.536. The molecule has 2 aromatic rings. The van der Waals surface area contributed by atoms with Crippen molar-refractivity contribution in [2.75, 3.05) is 13.7 Å². The maximum absolute atomic E-state index is 13.7. The number of fused-ring (bicyclic) bond motifs is 1. The first kappa shape index (κ1) is 32.1. The number of hydrogen-bond acceptors (Lipinski definition) is 16. The molecule has 16 heteroatoms. The SMILES string of the molecule is COc1ccc([C@@H]2Oc3cc(O)cc(O)c3C(=O)[C@H]2O[C@@H]2O[C@H](CO[C@@H]3O[C@@H](C)[C@H](O)[C@H](O)[C@@H]3O)[C@@H](O)[C@@H](O)[C@H]2O)cc1O. The molecule has 0 bridgehead atoms. The highest BCUT2D eigenvalue weighted by molar-refractivity contribution is 6.05. The Balaban J connectivity index is 1.41. The van der Waals surface area contributed by atoms with Crippen molar-refractivity contribution >= 4 is 5.78 Å². The van der Waals surface area contributed by atoms with E-state index < -0.39 is 97.5 Å². The van der Waals surface area contributed by atoms with Crippen LogP contribution >= 0.6 is 0 Å². The van der Waals surface area contributed by atoms with Gasteiger partial charge in [0.15, 0.2) is 36.3 Å². The molecule has 2 aromatic carbocycles. The minimum absolute atomic E-state index is 0.110. The van der Waals surface area contributed by atoms with Gasteiger partial charge < -0.3 is 74.4 Å². The average Bonchev–Trinajstić information content (AvgIpc) is 2.98. The minimum Gasteiger partial charge on any atom is -0.508 e. The molecular formula is C28H34O16. The lowest BCUT2D eigenvalue weighted by Gasteiger charge is -2.44. The maximum Gasteiger partial charge on any atom is 0.203 e. The van der Waals surface area contributed by atoms with E-state index in [2.05, 4.69) is 0 Å². The van der Waals surface area contributed by atoms with Crippen LogP contribution in [0.25, 0.3) is 0 Å². The zero-order chi connectivity index (χ0) is 32.0. The molecule has 3 aliphatic heterocycles. The molecule has 0 saturated carbocycles. The normalized spacial score (nSPS) is 37.2. The van der Waals surface area contributed by atoms with Crippen LogP contribution in [0.4, 0.5) is 0 Å². The van der Waals surface area contributed by atoms with E-state index in [9.17, 15) is 50.8 Å². The Bertz CT molecular complexity index is 1350. The largest absolute Gasteiger partial charge is 0.508 e. The lowest BCUT2D eigenvalue weighted by atomic mass is 9.92. The monoisotopic (exact) mass is 626 g/mol. The van der Waals surface area contributed by atoms with Gasteiger partial charge >= 0.3 is 0 Å². The molecule has 3 heterocycles. The number of aromatic hydroxyl groups is 3. The van der Waals surface area contributed by atoms with Crippen molar-refractivity contribution < 1.29 is 79.2 Å². The molecule has 5 rings (SSSR count). The standard InChI is InChI=1S/C28H34O16/c1-9-18(32)21(35)23(37)27(41-9)40-8-16-19(33)22(36)24(38)28(43-16)44-26-20(34)17-13(31)6-11(29)7-15(17)42-25(26)10-3-4-14(39-2)12(30)5-10/h3-7,9,16,18-19,21-33,35-38H,8H2,1-2H3/t9-,16+,18-,19+,21-,22+,23-,24+,25-,26+,27+,28-/m0/s1. The van der Waals surface area contributed by atoms with Gasteiger partial charge in [-0.2, -0.15) is 0 Å². The van der Waals surface area contributed by atoms with E-state index >= 15 is 0 Å². The number of aliphatic hydroxyl groups excluding tert-OH is 6. The summed E-state index contributed by atoms with van der Waals surface area (Å²) in [6.07, 6.45) is -18.9. The number of aliphatic hydroxyl groups is 6. The lowest BCUT2D eigenvalue weighted by Crippen LogP contribution is -2.62. The second kappa shape index (κ2) is 12.6. The van der Waals surface area contributed by atoms with E-state index in [4.69, 9.17) is 28.4 Å². The predicted octanol–water partition coefficient (Wildman–Crippen LogP) is -1.83. The van der Waals surface area contributed by atoms with Crippen LogP contribution in [0.1, 0.15) is 28.9 Å². The number of phenols is 3. The lowest BCUT2D eigenvalue weighted by molar-refractivity contribution is -0.333. The first-order valence-corrected chi connectivity index (χ1v) is 13.6. The first-order chi connectivity index (χ1) is 20.8. The third-order valence-electron chi connectivity index (χ3n) is 7.81. The Hall–Kier alpha value is -3.29. The summed E-state index contributed by atoms with van der Waals surface area (Å²) in [4.78, 5) is 13.7. The Kier molecular flexibility index (Phi) is 9.20. The molecule has 0 amide bonds. The zero-order valence-corrected chi connectivity index (χ0v) is 23.4. The molecule has 16 nitrogen and oxygen atoms in total. The number of methoxy groups -OCH3 is 1. The summed E-state index contributed by atoms with van der Waals surface area (Å²) in [6.45, 7) is 0.863. The molecule has 2 fully saturated rings. The summed E-state index contributed by atoms with van der Waals surface area (Å²) < 4.78 is 33.4. The molecule has 242 valence electrons. The van der Waals surface area contributed by atoms with Gasteiger partial charge in [-0.1, -0.05) is 6.07 Å². The molecule has 3 aliphatic rings. The van der Waals surface area contributed by atoms with Crippen LogP contribution in [-0.2, 0) is 18.9 Å². The number of ether oxygens (including phenoxy) is 6. The average molecular weight is 627 g/mol. The molecular weight excluding hydrogens is 592 g/mol. The van der Waals surface area contributed by atoms with Crippen molar-refractivity contribution in [3.05, 3.63) is 41.5 Å². The Morgan fingerprint density at radius 1 is 0.795 bits per heavy atom. The Morgan fingerprint density at radius 3 is 2.16 bits per heavy atom. The van der Waals surface area contributed by atoms with E-state index in [-0.39, 0.29) is 28.4 Å². The maximum atomic E-state index is 13.7. The second-order valence-corrected chi connectivity index (χ2v) is 10.8. The first-order valence-electron chi connectivity index (χ1n) is 13.6. The van der Waals surface area contributed by atoms with Gasteiger partial charge in [-0.3, -0.25) is 4.79 Å². The van der Waals surface area contributed by atoms with Gasteiger partial charge in [0.05, 0.1) is 19.8 Å². The van der Waals surface area contributed by atoms with Gasteiger partial charge in [-0.15, -0.1) is 0 Å². The molecule has 0 radical (unpaired) electrons. The number of ketones is 1. The van der Waals surface area contributed by atoms with Crippen molar-refractivity contribution in [2.45, 2.75) is 80.5 Å². The third-order valence-corrected chi connectivity index (χ3v) is 7.81. The topological polar surface area (TPSA) is 255 Å². The van der Waals surface area contributed by atoms with E-state index in [0.29, 0.717) is 0 Å². The summed E-state index contributed by atoms with van der Waals surface area (Å²) in [6, 6.07) is 6.08. The van der Waals surface area contributed by atoms with Crippen LogP contribution < -0.4 is 9.47 Å². The molecule has 2 saturated heterocycles. The molecule has 12 atom stereocenters. The van der Waals surface area contributed by atoms with Gasteiger partial charge in [-0.25, -0.2) is 0 Å². The van der Waals surface area contributed by atoms with Crippen molar-refractivity contribution in [1.29, 1.82) is 0 Å². The summed E-state index contributed by atoms with van der Waals surface area (Å²) in [5.74, 6) is -2.31. The fourth-order valence-electron chi connectivity index (χ4n) is 5.32. The quantitative estimate of drug-likeness (QED) is 0.164. The van der Waals surface area contributed by atoms with Crippen molar-refractivity contribution in [3.8, 4) is 28.7 Å². The van der Waals surface area contributed by atoms with Gasteiger partial charge in [0.25, 0.3) is 0 Å². The van der Waals surface area contributed by atoms with E-state index in [0.717, 1.165) is 12.1 Å². The van der Waals surface area contributed by atoms with Crippen LogP contribution in [0, 0.1) is 0 Å². The summed E-state index contributed by atoms with van der Waals surface area (Å²) in [5, 5.41) is 92.8. The van der Waals surface area contributed by atoms with Crippen LogP contribution in [0.3, 0.4) is 0 Å². The third kappa shape index (κ3) is 5.89. The highest BCUT2D eigenvalue weighted by Crippen LogP contribution is 2.44. The molecule has 0 aromatic heterocycles. The second-order valence-electron chi connectivity index (χ2n) is 10.8. The molecule has 0 aliphatic carbocycles. The minimum atomic E-state index is -1.91. The van der Waals surface area contributed by atoms with Gasteiger partial charge in [0.2, 0.25) is 5.78 Å². The number of rotatable bonds is 7. The van der Waals surface area contributed by atoms with Gasteiger partial charge in [0, 0.05) is 12.1 Å². The van der Waals surface area contributed by atoms with Crippen LogP contribution in [-0.4, -0.2) is 133 Å². The van der Waals surface area contributed by atoms with Crippen molar-refractivity contribution in [2.24, 2.45) is 0 Å². The number of hydrogen-bond donors (Lipinski definition) is 9. The van der Waals surface area contributed by atoms with Crippen LogP contribution in [0.15, 0.2) is 30.3 Å². The number of benzene rings is 2. The molecule has 44 heavy (non-hydrogen) atoms. The number of phenolic OH excluding ortho intramolecular Hbond substituents is 3. The predicted molar refractivity (Wildman–Crippen MR) is 142 cm³/mol. The Morgan fingerprint density at radius 2 is 1.48 bits per heavy atom. The summed E-state index contributed by atoms with van der Waals surface area (Å²) in [7, 11) is 1.33. The number of Topliss-reactive ketones (excluding diaryl/α,β-unsaturated/α-hetero) is 1. The van der Waals surface area contributed by atoms with E-state index in [1.54, 1.807) is 0 Å². The highest BCUT2D eigenvalue weighted by atomic mass is 16.7. The van der Waals surface area contributed by atoms with E-state index in [1.807, 2.05) is 0 Å². The van der Waals surface area contributed by atoms with Crippen LogP contribution in [0.2, 0.25) is 0 Å². The summed E-state index contributed by atoms with van der Waals surface area (Å²) in [5.41, 5.74) is -0.176. The van der Waals surface area contributed by atoms with Gasteiger partial charge in [-0.05, 0) is 24.6 Å². The smallest absolute Gasteiger partial charge is 0.203 e. The zero-order valence-electron chi connectivity index (χ0n) is 23.4. The Labute approximate surface area is 249 Å². The number of carbonyl (C=O) groups excluding carboxylic acids is 1. The summed E-state index contributed by atoms with van der Waals surface area (Å²) >= 11 is 0.